The zero-order chi connectivity index (χ0) is 11.9. The quantitative estimate of drug-likeness (QED) is 0.845. The maximum Gasteiger partial charge on any atom is 0.340 e. The summed E-state index contributed by atoms with van der Waals surface area (Å²) < 4.78 is 13.5. The summed E-state index contributed by atoms with van der Waals surface area (Å²) in [4.78, 5) is 14.8. The minimum absolute atomic E-state index is 0.0550. The van der Waals surface area contributed by atoms with Crippen molar-refractivity contribution in [3.8, 4) is 5.75 Å². The zero-order valence-corrected chi connectivity index (χ0v) is 9.32. The first-order valence-corrected chi connectivity index (χ1v) is 5.00. The molecule has 82 valence electrons. The highest BCUT2D eigenvalue weighted by Crippen LogP contribution is 2.30. The van der Waals surface area contributed by atoms with Crippen LogP contribution in [0.2, 0.25) is 0 Å². The lowest BCUT2D eigenvalue weighted by Gasteiger charge is -2.05. The van der Waals surface area contributed by atoms with Crippen LogP contribution in [0.4, 0.5) is 4.39 Å². The minimum atomic E-state index is -1.33. The Kier molecular flexibility index (Phi) is 2.51. The molecule has 0 aliphatic rings. The van der Waals surface area contributed by atoms with Crippen molar-refractivity contribution in [1.82, 2.24) is 4.98 Å². The first-order valence-electron chi connectivity index (χ1n) is 4.20. The summed E-state index contributed by atoms with van der Waals surface area (Å²) in [5.74, 6) is -2.42. The number of aromatic hydroxyl groups is 1. The van der Waals surface area contributed by atoms with E-state index in [2.05, 4.69) is 20.9 Å². The van der Waals surface area contributed by atoms with E-state index in [1.807, 2.05) is 0 Å². The average Bonchev–Trinajstić information content (AvgIpc) is 2.15. The third kappa shape index (κ3) is 1.61. The van der Waals surface area contributed by atoms with Gasteiger partial charge in [0.25, 0.3) is 0 Å². The Morgan fingerprint density at radius 1 is 1.44 bits per heavy atom. The number of rotatable bonds is 1. The number of carboxylic acid groups (broad SMARTS) is 1. The molecule has 1 aromatic heterocycles. The number of aromatic nitrogens is 1. The third-order valence-electron chi connectivity index (χ3n) is 2.08. The number of nitrogens with zero attached hydrogens (tertiary/aromatic N) is 1. The first kappa shape index (κ1) is 10.8. The van der Waals surface area contributed by atoms with Crippen LogP contribution in [-0.4, -0.2) is 21.2 Å². The van der Waals surface area contributed by atoms with Gasteiger partial charge in [-0.1, -0.05) is 0 Å². The lowest BCUT2D eigenvalue weighted by molar-refractivity contribution is 0.0696. The molecule has 2 rings (SSSR count). The molecular weight excluding hydrogens is 281 g/mol. The van der Waals surface area contributed by atoms with Crippen LogP contribution >= 0.6 is 15.9 Å². The molecule has 6 heteroatoms. The SMILES string of the molecule is O=C(O)c1c(O)cnc2c(Br)cc(F)cc12. The van der Waals surface area contributed by atoms with Crippen molar-refractivity contribution in [2.75, 3.05) is 0 Å². The standard InChI is InChI=1S/C10H5BrFNO3/c11-6-2-4(12)1-5-8(10(15)16)7(14)3-13-9(5)6/h1-3,14H,(H,15,16). The van der Waals surface area contributed by atoms with Gasteiger partial charge in [-0.25, -0.2) is 9.18 Å². The number of fused-ring (bicyclic) bond motifs is 1. The van der Waals surface area contributed by atoms with Gasteiger partial charge in [0.15, 0.2) is 0 Å². The molecule has 1 aromatic carbocycles. The Morgan fingerprint density at radius 2 is 2.12 bits per heavy atom. The fraction of sp³-hybridized carbons (Fsp3) is 0. The maximum atomic E-state index is 13.1. The van der Waals surface area contributed by atoms with Crippen molar-refractivity contribution in [2.45, 2.75) is 0 Å². The van der Waals surface area contributed by atoms with Crippen molar-refractivity contribution in [3.05, 3.63) is 34.2 Å². The van der Waals surface area contributed by atoms with Gasteiger partial charge in [-0.15, -0.1) is 0 Å². The molecule has 1 heterocycles. The summed E-state index contributed by atoms with van der Waals surface area (Å²) in [6.07, 6.45) is 1.02. The molecule has 0 bridgehead atoms. The molecular formula is C10H5BrFNO3. The van der Waals surface area contributed by atoms with E-state index in [-0.39, 0.29) is 16.5 Å². The predicted octanol–water partition coefficient (Wildman–Crippen LogP) is 2.54. The molecule has 2 N–H and O–H groups in total. The number of hydrogen-bond acceptors (Lipinski definition) is 3. The molecule has 4 nitrogen and oxygen atoms in total. The van der Waals surface area contributed by atoms with Gasteiger partial charge in [-0.05, 0) is 28.1 Å². The maximum absolute atomic E-state index is 13.1. The van der Waals surface area contributed by atoms with E-state index in [1.54, 1.807) is 0 Å². The van der Waals surface area contributed by atoms with Gasteiger partial charge in [0.1, 0.15) is 17.1 Å². The molecule has 0 amide bonds. The van der Waals surface area contributed by atoms with E-state index >= 15 is 0 Å². The Balaban J connectivity index is 2.97. The second-order valence-electron chi connectivity index (χ2n) is 3.11. The van der Waals surface area contributed by atoms with Crippen LogP contribution < -0.4 is 0 Å². The van der Waals surface area contributed by atoms with E-state index < -0.39 is 17.5 Å². The van der Waals surface area contributed by atoms with Gasteiger partial charge in [0.05, 0.1) is 11.7 Å². The normalized spacial score (nSPS) is 10.6. The van der Waals surface area contributed by atoms with Gasteiger partial charge in [-0.2, -0.15) is 0 Å². The fourth-order valence-corrected chi connectivity index (χ4v) is 1.98. The highest BCUT2D eigenvalue weighted by atomic mass is 79.9. The highest BCUT2D eigenvalue weighted by molar-refractivity contribution is 9.10. The molecule has 0 spiro atoms. The fourth-order valence-electron chi connectivity index (χ4n) is 1.44. The summed E-state index contributed by atoms with van der Waals surface area (Å²) >= 11 is 3.08. The summed E-state index contributed by atoms with van der Waals surface area (Å²) in [6.45, 7) is 0. The molecule has 2 aromatic rings. The number of carbonyl (C=O) groups is 1. The van der Waals surface area contributed by atoms with Crippen molar-refractivity contribution < 1.29 is 19.4 Å². The van der Waals surface area contributed by atoms with Crippen LogP contribution in [0, 0.1) is 5.82 Å². The Labute approximate surface area is 97.5 Å². The van der Waals surface area contributed by atoms with E-state index in [0.29, 0.717) is 4.47 Å². The number of benzene rings is 1. The van der Waals surface area contributed by atoms with Crippen LogP contribution in [-0.2, 0) is 0 Å². The van der Waals surface area contributed by atoms with Crippen LogP contribution in [0.3, 0.4) is 0 Å². The summed E-state index contributed by atoms with van der Waals surface area (Å²) in [5.41, 5.74) is -0.0678. The smallest absolute Gasteiger partial charge is 0.340 e. The summed E-state index contributed by atoms with van der Waals surface area (Å²) in [6, 6.07) is 2.20. The molecule has 0 aliphatic carbocycles. The molecule has 0 aliphatic heterocycles. The van der Waals surface area contributed by atoms with Gasteiger partial charge in [0.2, 0.25) is 0 Å². The molecule has 0 saturated heterocycles. The van der Waals surface area contributed by atoms with Crippen molar-refractivity contribution in [1.29, 1.82) is 0 Å². The summed E-state index contributed by atoms with van der Waals surface area (Å²) in [5, 5.41) is 18.4. The van der Waals surface area contributed by atoms with Crippen molar-refractivity contribution >= 4 is 32.8 Å². The van der Waals surface area contributed by atoms with Gasteiger partial charge < -0.3 is 10.2 Å². The first-order chi connectivity index (χ1) is 7.50. The lowest BCUT2D eigenvalue weighted by atomic mass is 10.1. The highest BCUT2D eigenvalue weighted by Gasteiger charge is 2.17. The number of aromatic carboxylic acids is 1. The number of carboxylic acids is 1. The third-order valence-corrected chi connectivity index (χ3v) is 2.69. The molecule has 0 fully saturated rings. The predicted molar refractivity (Wildman–Crippen MR) is 58.0 cm³/mol. The average molecular weight is 286 g/mol. The van der Waals surface area contributed by atoms with Crippen LogP contribution in [0.25, 0.3) is 10.9 Å². The second kappa shape index (κ2) is 3.71. The minimum Gasteiger partial charge on any atom is -0.505 e. The van der Waals surface area contributed by atoms with E-state index in [4.69, 9.17) is 5.11 Å². The Morgan fingerprint density at radius 3 is 2.75 bits per heavy atom. The van der Waals surface area contributed by atoms with E-state index in [1.165, 1.54) is 6.07 Å². The van der Waals surface area contributed by atoms with Crippen molar-refractivity contribution in [2.24, 2.45) is 0 Å². The number of pyridine rings is 1. The molecule has 0 radical (unpaired) electrons. The Hall–Kier alpha value is -1.69. The van der Waals surface area contributed by atoms with Crippen LogP contribution in [0.1, 0.15) is 10.4 Å². The second-order valence-corrected chi connectivity index (χ2v) is 3.96. The molecule has 0 unspecified atom stereocenters. The van der Waals surface area contributed by atoms with Gasteiger partial charge in [0, 0.05) is 9.86 Å². The number of halogens is 2. The van der Waals surface area contributed by atoms with Gasteiger partial charge in [-0.3, -0.25) is 4.98 Å². The number of hydrogen-bond donors (Lipinski definition) is 2. The largest absolute Gasteiger partial charge is 0.505 e. The monoisotopic (exact) mass is 285 g/mol. The van der Waals surface area contributed by atoms with Crippen LogP contribution in [0.15, 0.2) is 22.8 Å². The molecule has 16 heavy (non-hydrogen) atoms. The topological polar surface area (TPSA) is 70.4 Å². The zero-order valence-electron chi connectivity index (χ0n) is 7.74. The van der Waals surface area contributed by atoms with Crippen molar-refractivity contribution in [3.63, 3.8) is 0 Å². The van der Waals surface area contributed by atoms with E-state index in [0.717, 1.165) is 12.3 Å². The Bertz CT molecular complexity index is 600. The molecule has 0 saturated carbocycles. The lowest BCUT2D eigenvalue weighted by Crippen LogP contribution is -2.00. The van der Waals surface area contributed by atoms with Crippen LogP contribution in [0.5, 0.6) is 5.75 Å². The van der Waals surface area contributed by atoms with Gasteiger partial charge >= 0.3 is 5.97 Å². The van der Waals surface area contributed by atoms with E-state index in [9.17, 15) is 14.3 Å². The summed E-state index contributed by atoms with van der Waals surface area (Å²) in [7, 11) is 0. The molecule has 0 atom stereocenters.